The zero-order chi connectivity index (χ0) is 28.9. The molecule has 0 saturated carbocycles. The zero-order valence-corrected chi connectivity index (χ0v) is 22.4. The van der Waals surface area contributed by atoms with E-state index in [2.05, 4.69) is 30.2 Å². The maximum atomic E-state index is 12.6. The highest BCUT2D eigenvalue weighted by molar-refractivity contribution is 8.15. The van der Waals surface area contributed by atoms with Crippen molar-refractivity contribution >= 4 is 58.0 Å². The number of rotatable bonds is 8. The maximum Gasteiger partial charge on any atom is 0.573 e. The number of alkyl halides is 3. The fourth-order valence-electron chi connectivity index (χ4n) is 3.70. The highest BCUT2D eigenvalue weighted by atomic mass is 32.2. The molecule has 2 aromatic carbocycles. The Morgan fingerprint density at radius 2 is 1.82 bits per heavy atom. The van der Waals surface area contributed by atoms with Gasteiger partial charge in [-0.05, 0) is 41.8 Å². The Balaban J connectivity index is 1.38. The highest BCUT2D eigenvalue weighted by Crippen LogP contribution is 2.33. The summed E-state index contributed by atoms with van der Waals surface area (Å²) in [5.74, 6) is -0.399. The predicted octanol–water partition coefficient (Wildman–Crippen LogP) is 5.33. The maximum absolute atomic E-state index is 12.6. The summed E-state index contributed by atoms with van der Waals surface area (Å²) in [6, 6.07) is 12.8. The van der Waals surface area contributed by atoms with Crippen LogP contribution >= 0.6 is 11.8 Å². The zero-order valence-electron chi connectivity index (χ0n) is 21.6. The number of thioether (sulfide) groups is 1. The fourth-order valence-corrected chi connectivity index (χ4v) is 4.52. The van der Waals surface area contributed by atoms with Crippen molar-refractivity contribution in [1.29, 1.82) is 0 Å². The SMILES string of the molecule is CC(C)c1ccccc1N1C(=O)CS/C1=N\N=C\C(=O)Nc1cnc(N(C)c2ccc(OC(F)(F)F)cc2)nc1. The third-order valence-corrected chi connectivity index (χ3v) is 6.46. The van der Waals surface area contributed by atoms with Crippen LogP contribution in [0.3, 0.4) is 0 Å². The minimum absolute atomic E-state index is 0.121. The molecular weight excluding hydrogens is 547 g/mol. The van der Waals surface area contributed by atoms with Gasteiger partial charge in [-0.25, -0.2) is 9.97 Å². The third kappa shape index (κ3) is 7.14. The van der Waals surface area contributed by atoms with Crippen molar-refractivity contribution in [3.05, 3.63) is 66.5 Å². The average molecular weight is 572 g/mol. The molecule has 0 radical (unpaired) electrons. The molecule has 208 valence electrons. The lowest BCUT2D eigenvalue weighted by Gasteiger charge is -2.20. The van der Waals surface area contributed by atoms with Crippen molar-refractivity contribution in [2.24, 2.45) is 10.2 Å². The van der Waals surface area contributed by atoms with Crippen LogP contribution in [0, 0.1) is 0 Å². The van der Waals surface area contributed by atoms with Crippen LogP contribution in [0.5, 0.6) is 5.75 Å². The number of carbonyl (C=O) groups excluding carboxylic acids is 2. The normalized spacial score (nSPS) is 14.8. The smallest absolute Gasteiger partial charge is 0.406 e. The van der Waals surface area contributed by atoms with Gasteiger partial charge in [-0.15, -0.1) is 18.3 Å². The summed E-state index contributed by atoms with van der Waals surface area (Å²) in [6.45, 7) is 4.07. The molecule has 2 heterocycles. The van der Waals surface area contributed by atoms with E-state index in [1.54, 1.807) is 11.9 Å². The summed E-state index contributed by atoms with van der Waals surface area (Å²) >= 11 is 1.23. The molecular formula is C26H24F3N7O3S. The summed E-state index contributed by atoms with van der Waals surface area (Å²) in [4.78, 5) is 36.3. The minimum atomic E-state index is -4.77. The highest BCUT2D eigenvalue weighted by Gasteiger charge is 2.32. The van der Waals surface area contributed by atoms with E-state index < -0.39 is 12.3 Å². The fraction of sp³-hybridized carbons (Fsp3) is 0.231. The van der Waals surface area contributed by atoms with Gasteiger partial charge in [0.15, 0.2) is 5.17 Å². The number of hydrogen-bond acceptors (Lipinski definition) is 9. The standard InChI is InChI=1S/C26H24F3N7O3S/c1-16(2)20-6-4-5-7-21(20)36-23(38)15-40-25(36)34-32-14-22(37)33-17-12-30-24(31-13-17)35(3)18-8-10-19(11-9-18)39-26(27,28)29/h4-14,16H,15H2,1-3H3,(H,33,37)/b32-14+,34-25-. The van der Waals surface area contributed by atoms with Gasteiger partial charge in [-0.2, -0.15) is 5.10 Å². The molecule has 1 aliphatic heterocycles. The summed E-state index contributed by atoms with van der Waals surface area (Å²) in [6.07, 6.45) is -1.06. The summed E-state index contributed by atoms with van der Waals surface area (Å²) in [7, 11) is 1.63. The topological polar surface area (TPSA) is 112 Å². The number of halogens is 3. The number of nitrogens with one attached hydrogen (secondary N) is 1. The number of hydrogen-bond donors (Lipinski definition) is 1. The van der Waals surface area contributed by atoms with Crippen LogP contribution in [-0.4, -0.2) is 52.3 Å². The number of aromatic nitrogens is 2. The van der Waals surface area contributed by atoms with Gasteiger partial charge in [0.1, 0.15) is 12.0 Å². The largest absolute Gasteiger partial charge is 0.573 e. The molecule has 1 aromatic heterocycles. The molecule has 0 spiro atoms. The Labute approximate surface area is 232 Å². The van der Waals surface area contributed by atoms with E-state index in [0.717, 1.165) is 17.5 Å². The number of carbonyl (C=O) groups is 2. The number of nitrogens with zero attached hydrogens (tertiary/aromatic N) is 6. The van der Waals surface area contributed by atoms with Crippen molar-refractivity contribution < 1.29 is 27.5 Å². The first-order chi connectivity index (χ1) is 19.0. The molecule has 2 amide bonds. The summed E-state index contributed by atoms with van der Waals surface area (Å²) in [5.41, 5.74) is 2.53. The number of amides is 2. The molecule has 0 aliphatic carbocycles. The first-order valence-corrected chi connectivity index (χ1v) is 12.9. The number of benzene rings is 2. The molecule has 1 saturated heterocycles. The van der Waals surface area contributed by atoms with E-state index in [9.17, 15) is 22.8 Å². The number of anilines is 4. The predicted molar refractivity (Wildman–Crippen MR) is 148 cm³/mol. The number of para-hydroxylation sites is 1. The van der Waals surface area contributed by atoms with Gasteiger partial charge in [0.2, 0.25) is 11.9 Å². The lowest BCUT2D eigenvalue weighted by Crippen LogP contribution is -2.30. The molecule has 14 heteroatoms. The Morgan fingerprint density at radius 1 is 1.15 bits per heavy atom. The molecule has 40 heavy (non-hydrogen) atoms. The van der Waals surface area contributed by atoms with Crippen LogP contribution in [0.25, 0.3) is 0 Å². The number of ether oxygens (including phenoxy) is 1. The Bertz CT molecular complexity index is 1430. The number of amidine groups is 1. The van der Waals surface area contributed by atoms with Gasteiger partial charge in [0.25, 0.3) is 5.91 Å². The molecule has 0 bridgehead atoms. The van der Waals surface area contributed by atoms with Gasteiger partial charge in [-0.3, -0.25) is 14.5 Å². The van der Waals surface area contributed by atoms with Crippen molar-refractivity contribution in [3.8, 4) is 5.75 Å². The van der Waals surface area contributed by atoms with E-state index in [0.29, 0.717) is 10.9 Å². The summed E-state index contributed by atoms with van der Waals surface area (Å²) < 4.78 is 40.9. The molecule has 1 fully saturated rings. The molecule has 1 N–H and O–H groups in total. The van der Waals surface area contributed by atoms with Crippen LogP contribution < -0.4 is 19.9 Å². The van der Waals surface area contributed by atoms with Crippen molar-refractivity contribution in [1.82, 2.24) is 9.97 Å². The van der Waals surface area contributed by atoms with Crippen LogP contribution in [0.2, 0.25) is 0 Å². The molecule has 1 aliphatic rings. The second kappa shape index (κ2) is 12.2. The first-order valence-electron chi connectivity index (χ1n) is 11.9. The van der Waals surface area contributed by atoms with E-state index in [1.807, 2.05) is 38.1 Å². The summed E-state index contributed by atoms with van der Waals surface area (Å²) in [5, 5.41) is 10.9. The van der Waals surface area contributed by atoms with Crippen LogP contribution in [0.15, 0.2) is 71.1 Å². The monoisotopic (exact) mass is 571 g/mol. The lowest BCUT2D eigenvalue weighted by atomic mass is 10.0. The van der Waals surface area contributed by atoms with Crippen LogP contribution in [0.4, 0.5) is 36.2 Å². The second-order valence-electron chi connectivity index (χ2n) is 8.72. The van der Waals surface area contributed by atoms with E-state index in [4.69, 9.17) is 0 Å². The Kier molecular flexibility index (Phi) is 8.67. The first kappa shape index (κ1) is 28.5. The van der Waals surface area contributed by atoms with E-state index in [1.165, 1.54) is 53.3 Å². The van der Waals surface area contributed by atoms with E-state index in [-0.39, 0.29) is 35.0 Å². The van der Waals surface area contributed by atoms with Crippen molar-refractivity contribution in [2.45, 2.75) is 26.1 Å². The second-order valence-corrected chi connectivity index (χ2v) is 9.66. The van der Waals surface area contributed by atoms with Gasteiger partial charge in [-0.1, -0.05) is 43.8 Å². The van der Waals surface area contributed by atoms with Crippen LogP contribution in [0.1, 0.15) is 25.3 Å². The lowest BCUT2D eigenvalue weighted by molar-refractivity contribution is -0.274. The van der Waals surface area contributed by atoms with Gasteiger partial charge >= 0.3 is 6.36 Å². The van der Waals surface area contributed by atoms with Crippen molar-refractivity contribution in [3.63, 3.8) is 0 Å². The van der Waals surface area contributed by atoms with Crippen LogP contribution in [-0.2, 0) is 9.59 Å². The molecule has 3 aromatic rings. The van der Waals surface area contributed by atoms with E-state index >= 15 is 0 Å². The minimum Gasteiger partial charge on any atom is -0.406 e. The van der Waals surface area contributed by atoms with Gasteiger partial charge < -0.3 is 15.0 Å². The van der Waals surface area contributed by atoms with Gasteiger partial charge in [0, 0.05) is 12.7 Å². The molecule has 0 unspecified atom stereocenters. The quantitative estimate of drug-likeness (QED) is 0.287. The molecule has 0 atom stereocenters. The molecule has 10 nitrogen and oxygen atoms in total. The van der Waals surface area contributed by atoms with Gasteiger partial charge in [0.05, 0.1) is 29.5 Å². The Hall–Kier alpha value is -4.46. The molecule has 4 rings (SSSR count). The average Bonchev–Trinajstić information content (AvgIpc) is 3.28. The van der Waals surface area contributed by atoms with Crippen molar-refractivity contribution in [2.75, 3.05) is 27.9 Å². The third-order valence-electron chi connectivity index (χ3n) is 5.55. The Morgan fingerprint density at radius 3 is 2.48 bits per heavy atom.